The molecule has 3 aromatic carbocycles. The molecular formula is C21H18BNO2. The van der Waals surface area contributed by atoms with Crippen LogP contribution in [0.15, 0.2) is 72.8 Å². The zero-order valence-corrected chi connectivity index (χ0v) is 14.1. The van der Waals surface area contributed by atoms with Crippen LogP contribution >= 0.6 is 0 Å². The van der Waals surface area contributed by atoms with Gasteiger partial charge in [0.05, 0.1) is 23.7 Å². The topological polar surface area (TPSA) is 23.4 Å². The molecule has 4 heteroatoms. The lowest BCUT2D eigenvalue weighted by atomic mass is 9.79. The first-order valence-corrected chi connectivity index (χ1v) is 8.67. The van der Waals surface area contributed by atoms with Crippen LogP contribution in [0.4, 0.5) is 0 Å². The number of hydrogen-bond donors (Lipinski definition) is 0. The van der Waals surface area contributed by atoms with E-state index in [0.717, 1.165) is 11.2 Å². The fraction of sp³-hybridized carbons (Fsp3) is 0.143. The van der Waals surface area contributed by atoms with E-state index in [4.69, 9.17) is 9.31 Å². The van der Waals surface area contributed by atoms with Crippen LogP contribution in [0.3, 0.4) is 0 Å². The molecule has 25 heavy (non-hydrogen) atoms. The fourth-order valence-corrected chi connectivity index (χ4v) is 3.67. The van der Waals surface area contributed by atoms with Crippen molar-refractivity contribution in [1.29, 1.82) is 0 Å². The van der Waals surface area contributed by atoms with Crippen LogP contribution in [0.5, 0.6) is 0 Å². The minimum absolute atomic E-state index is 0.155. The predicted octanol–water partition coefficient (Wildman–Crippen LogP) is 3.91. The molecule has 0 radical (unpaired) electrons. The summed E-state index contributed by atoms with van der Waals surface area (Å²) in [5.74, 6) is 0. The number of aromatic nitrogens is 1. The second kappa shape index (κ2) is 5.76. The number of fused-ring (bicyclic) bond motifs is 3. The molecule has 1 aromatic heterocycles. The van der Waals surface area contributed by atoms with Crippen molar-refractivity contribution in [2.45, 2.75) is 13.0 Å². The molecule has 1 atom stereocenters. The van der Waals surface area contributed by atoms with Crippen molar-refractivity contribution in [2.75, 3.05) is 6.61 Å². The molecule has 0 N–H and O–H groups in total. The molecule has 1 unspecified atom stereocenters. The SMILES string of the molecule is CC1COB(c2ccc(-n3c4ccccc4c4ccccc43)cc2)O1. The first-order valence-electron chi connectivity index (χ1n) is 8.67. The highest BCUT2D eigenvalue weighted by Crippen LogP contribution is 2.31. The van der Waals surface area contributed by atoms with E-state index in [1.165, 1.54) is 21.8 Å². The third-order valence-corrected chi connectivity index (χ3v) is 4.84. The molecule has 5 rings (SSSR count). The number of hydrogen-bond acceptors (Lipinski definition) is 2. The quantitative estimate of drug-likeness (QED) is 0.521. The summed E-state index contributed by atoms with van der Waals surface area (Å²) in [6.07, 6.45) is 0.155. The Morgan fingerprint density at radius 3 is 2.00 bits per heavy atom. The van der Waals surface area contributed by atoms with Gasteiger partial charge in [-0.15, -0.1) is 0 Å². The largest absolute Gasteiger partial charge is 0.494 e. The minimum atomic E-state index is -0.248. The average molecular weight is 327 g/mol. The fourth-order valence-electron chi connectivity index (χ4n) is 3.67. The Labute approximate surface area is 146 Å². The van der Waals surface area contributed by atoms with Crippen LogP contribution in [0.2, 0.25) is 0 Å². The lowest BCUT2D eigenvalue weighted by Crippen LogP contribution is -2.32. The molecule has 1 aliphatic heterocycles. The molecule has 0 bridgehead atoms. The highest BCUT2D eigenvalue weighted by Gasteiger charge is 2.30. The van der Waals surface area contributed by atoms with Gasteiger partial charge in [-0.25, -0.2) is 0 Å². The summed E-state index contributed by atoms with van der Waals surface area (Å²) >= 11 is 0. The summed E-state index contributed by atoms with van der Waals surface area (Å²) < 4.78 is 13.8. The monoisotopic (exact) mass is 327 g/mol. The normalized spacial score (nSPS) is 17.6. The summed E-state index contributed by atoms with van der Waals surface area (Å²) in [5.41, 5.74) is 4.65. The first-order chi connectivity index (χ1) is 12.3. The first kappa shape index (κ1) is 14.8. The van der Waals surface area contributed by atoms with E-state index in [1.807, 2.05) is 6.92 Å². The van der Waals surface area contributed by atoms with Crippen molar-refractivity contribution in [3.05, 3.63) is 72.8 Å². The molecule has 0 amide bonds. The Kier molecular flexibility index (Phi) is 3.40. The van der Waals surface area contributed by atoms with Crippen LogP contribution in [0.1, 0.15) is 6.92 Å². The lowest BCUT2D eigenvalue weighted by Gasteiger charge is -2.10. The van der Waals surface area contributed by atoms with E-state index >= 15 is 0 Å². The molecule has 4 aromatic rings. The van der Waals surface area contributed by atoms with Gasteiger partial charge in [0, 0.05) is 16.5 Å². The Morgan fingerprint density at radius 1 is 0.840 bits per heavy atom. The Bertz CT molecular complexity index is 1000. The van der Waals surface area contributed by atoms with Crippen molar-refractivity contribution in [2.24, 2.45) is 0 Å². The summed E-state index contributed by atoms with van der Waals surface area (Å²) in [7, 11) is -0.248. The van der Waals surface area contributed by atoms with Crippen LogP contribution in [-0.2, 0) is 9.31 Å². The van der Waals surface area contributed by atoms with E-state index in [2.05, 4.69) is 77.4 Å². The van der Waals surface area contributed by atoms with Crippen molar-refractivity contribution in [1.82, 2.24) is 4.57 Å². The van der Waals surface area contributed by atoms with E-state index < -0.39 is 0 Å². The number of benzene rings is 3. The molecule has 0 saturated carbocycles. The van der Waals surface area contributed by atoms with Crippen LogP contribution in [0.25, 0.3) is 27.5 Å². The molecule has 2 heterocycles. The van der Waals surface area contributed by atoms with E-state index in [9.17, 15) is 0 Å². The molecular weight excluding hydrogens is 309 g/mol. The highest BCUT2D eigenvalue weighted by atomic mass is 16.6. The molecule has 3 nitrogen and oxygen atoms in total. The number of para-hydroxylation sites is 2. The summed E-state index contributed by atoms with van der Waals surface area (Å²) in [6, 6.07) is 25.6. The molecule has 0 spiro atoms. The van der Waals surface area contributed by atoms with Crippen LogP contribution in [0, 0.1) is 0 Å². The molecule has 1 saturated heterocycles. The van der Waals surface area contributed by atoms with Crippen molar-refractivity contribution in [3.63, 3.8) is 0 Å². The van der Waals surface area contributed by atoms with Gasteiger partial charge in [0.2, 0.25) is 0 Å². The number of rotatable bonds is 2. The Morgan fingerprint density at radius 2 is 1.44 bits per heavy atom. The van der Waals surface area contributed by atoms with Gasteiger partial charge in [0.1, 0.15) is 0 Å². The van der Waals surface area contributed by atoms with Crippen molar-refractivity contribution in [3.8, 4) is 5.69 Å². The average Bonchev–Trinajstić information content (AvgIpc) is 3.23. The molecule has 1 aliphatic rings. The zero-order chi connectivity index (χ0) is 16.8. The zero-order valence-electron chi connectivity index (χ0n) is 14.1. The Balaban J connectivity index is 1.65. The van der Waals surface area contributed by atoms with Crippen molar-refractivity contribution >= 4 is 34.4 Å². The van der Waals surface area contributed by atoms with Gasteiger partial charge in [-0.05, 0) is 36.7 Å². The minimum Gasteiger partial charge on any atom is -0.405 e. The Hall–Kier alpha value is -2.56. The lowest BCUT2D eigenvalue weighted by molar-refractivity contribution is 0.258. The van der Waals surface area contributed by atoms with Gasteiger partial charge in [-0.1, -0.05) is 48.5 Å². The van der Waals surface area contributed by atoms with Gasteiger partial charge in [-0.2, -0.15) is 0 Å². The van der Waals surface area contributed by atoms with Gasteiger partial charge in [-0.3, -0.25) is 0 Å². The summed E-state index contributed by atoms with van der Waals surface area (Å²) in [4.78, 5) is 0. The van der Waals surface area contributed by atoms with Gasteiger partial charge in [0.25, 0.3) is 0 Å². The smallest absolute Gasteiger partial charge is 0.405 e. The van der Waals surface area contributed by atoms with Gasteiger partial charge < -0.3 is 13.9 Å². The van der Waals surface area contributed by atoms with Gasteiger partial charge in [0.15, 0.2) is 0 Å². The van der Waals surface area contributed by atoms with Crippen molar-refractivity contribution < 1.29 is 9.31 Å². The maximum absolute atomic E-state index is 5.79. The second-order valence-corrected chi connectivity index (χ2v) is 6.57. The van der Waals surface area contributed by atoms with E-state index in [0.29, 0.717) is 6.61 Å². The molecule has 122 valence electrons. The molecule has 1 fully saturated rings. The summed E-state index contributed by atoms with van der Waals surface area (Å²) in [6.45, 7) is 2.69. The third-order valence-electron chi connectivity index (χ3n) is 4.84. The maximum atomic E-state index is 5.79. The second-order valence-electron chi connectivity index (χ2n) is 6.57. The predicted molar refractivity (Wildman–Crippen MR) is 103 cm³/mol. The number of nitrogens with zero attached hydrogens (tertiary/aromatic N) is 1. The molecule has 0 aliphatic carbocycles. The standard InChI is InChI=1S/C21H18BNO2/c1-15-14-24-22(25-15)16-10-12-17(13-11-16)23-20-8-4-2-6-18(20)19-7-3-5-9-21(19)23/h2-13,15H,14H2,1H3. The van der Waals surface area contributed by atoms with Crippen LogP contribution < -0.4 is 5.46 Å². The maximum Gasteiger partial charge on any atom is 0.494 e. The third kappa shape index (κ3) is 2.37. The van der Waals surface area contributed by atoms with Crippen LogP contribution in [-0.4, -0.2) is 24.4 Å². The van der Waals surface area contributed by atoms with Gasteiger partial charge >= 0.3 is 7.12 Å². The highest BCUT2D eigenvalue weighted by molar-refractivity contribution is 6.61. The van der Waals surface area contributed by atoms with E-state index in [1.54, 1.807) is 0 Å². The summed E-state index contributed by atoms with van der Waals surface area (Å²) in [5, 5.41) is 2.55. The van der Waals surface area contributed by atoms with E-state index in [-0.39, 0.29) is 13.2 Å².